The van der Waals surface area contributed by atoms with Crippen LogP contribution in [-0.4, -0.2) is 23.8 Å². The Labute approximate surface area is 116 Å². The first-order chi connectivity index (χ1) is 9.20. The van der Waals surface area contributed by atoms with Crippen LogP contribution >= 0.6 is 11.3 Å². The Kier molecular flexibility index (Phi) is 3.28. The van der Waals surface area contributed by atoms with Crippen molar-refractivity contribution in [3.63, 3.8) is 0 Å². The number of hydrogen-bond donors (Lipinski definition) is 1. The highest BCUT2D eigenvalue weighted by atomic mass is 32.1. The fourth-order valence-electron chi connectivity index (χ4n) is 2.41. The molecular weight excluding hydrogens is 260 g/mol. The summed E-state index contributed by atoms with van der Waals surface area (Å²) in [5, 5.41) is 13.6. The van der Waals surface area contributed by atoms with Crippen LogP contribution in [0.1, 0.15) is 42.3 Å². The average Bonchev–Trinajstić information content (AvgIpc) is 3.07. The lowest BCUT2D eigenvalue weighted by molar-refractivity contribution is 0.419. The van der Waals surface area contributed by atoms with Gasteiger partial charge in [0.05, 0.1) is 12.1 Å². The second kappa shape index (κ2) is 4.94. The van der Waals surface area contributed by atoms with Crippen molar-refractivity contribution in [1.82, 2.24) is 15.5 Å². The molecule has 0 bridgehead atoms. The largest absolute Gasteiger partial charge is 0.406 e. The van der Waals surface area contributed by atoms with Gasteiger partial charge in [0.15, 0.2) is 0 Å². The lowest BCUT2D eigenvalue weighted by atomic mass is 10.0. The van der Waals surface area contributed by atoms with Gasteiger partial charge in [0.1, 0.15) is 0 Å². The zero-order valence-corrected chi connectivity index (χ0v) is 12.2. The number of thiophene rings is 1. The van der Waals surface area contributed by atoms with E-state index in [2.05, 4.69) is 38.8 Å². The van der Waals surface area contributed by atoms with Crippen molar-refractivity contribution in [3.05, 3.63) is 27.8 Å². The zero-order chi connectivity index (χ0) is 13.4. The minimum atomic E-state index is 0.0815. The number of hydrogen-bond acceptors (Lipinski definition) is 6. The molecule has 102 valence electrons. The number of rotatable bonds is 3. The van der Waals surface area contributed by atoms with Crippen LogP contribution in [0.25, 0.3) is 0 Å². The van der Waals surface area contributed by atoms with E-state index in [0.29, 0.717) is 17.9 Å². The standard InChI is InChI=1S/C13H18N4OS/c1-8(14-3)12-15-16-13(18-12)17-6-4-11-10(9(17)2)5-7-19-11/h5,7-9,14H,4,6H2,1-3H3. The highest BCUT2D eigenvalue weighted by molar-refractivity contribution is 7.10. The van der Waals surface area contributed by atoms with Gasteiger partial charge in [-0.15, -0.1) is 16.4 Å². The summed E-state index contributed by atoms with van der Waals surface area (Å²) >= 11 is 1.84. The molecular formula is C13H18N4OS. The summed E-state index contributed by atoms with van der Waals surface area (Å²) < 4.78 is 5.78. The van der Waals surface area contributed by atoms with Crippen LogP contribution in [0.3, 0.4) is 0 Å². The highest BCUT2D eigenvalue weighted by Gasteiger charge is 2.28. The SMILES string of the molecule is CNC(C)c1nnc(N2CCc3sccc3C2C)o1. The van der Waals surface area contributed by atoms with Gasteiger partial charge in [-0.05, 0) is 44.3 Å². The Morgan fingerprint density at radius 1 is 1.53 bits per heavy atom. The van der Waals surface area contributed by atoms with E-state index in [4.69, 9.17) is 4.42 Å². The van der Waals surface area contributed by atoms with Gasteiger partial charge in [-0.2, -0.15) is 0 Å². The molecule has 3 rings (SSSR count). The molecule has 5 nitrogen and oxygen atoms in total. The van der Waals surface area contributed by atoms with Crippen LogP contribution in [0.15, 0.2) is 15.9 Å². The molecule has 1 aliphatic rings. The van der Waals surface area contributed by atoms with Gasteiger partial charge < -0.3 is 14.6 Å². The first-order valence-electron chi connectivity index (χ1n) is 6.54. The number of anilines is 1. The summed E-state index contributed by atoms with van der Waals surface area (Å²) in [5.74, 6) is 0.640. The van der Waals surface area contributed by atoms with Gasteiger partial charge in [-0.3, -0.25) is 0 Å². The Bertz CT molecular complexity index is 564. The van der Waals surface area contributed by atoms with E-state index in [9.17, 15) is 0 Å². The first-order valence-corrected chi connectivity index (χ1v) is 7.42. The maximum absolute atomic E-state index is 5.78. The van der Waals surface area contributed by atoms with E-state index >= 15 is 0 Å². The topological polar surface area (TPSA) is 54.2 Å². The van der Waals surface area contributed by atoms with E-state index < -0.39 is 0 Å². The van der Waals surface area contributed by atoms with Gasteiger partial charge in [0.25, 0.3) is 0 Å². The summed E-state index contributed by atoms with van der Waals surface area (Å²) in [6.45, 7) is 5.13. The number of nitrogens with zero attached hydrogens (tertiary/aromatic N) is 3. The summed E-state index contributed by atoms with van der Waals surface area (Å²) in [7, 11) is 1.88. The van der Waals surface area contributed by atoms with Crippen LogP contribution < -0.4 is 10.2 Å². The third kappa shape index (κ3) is 2.15. The van der Waals surface area contributed by atoms with Gasteiger partial charge >= 0.3 is 6.01 Å². The molecule has 2 unspecified atom stereocenters. The van der Waals surface area contributed by atoms with Crippen molar-refractivity contribution in [3.8, 4) is 0 Å². The average molecular weight is 278 g/mol. The molecule has 2 aromatic rings. The van der Waals surface area contributed by atoms with E-state index in [1.54, 1.807) is 0 Å². The molecule has 2 aromatic heterocycles. The minimum absolute atomic E-state index is 0.0815. The molecule has 19 heavy (non-hydrogen) atoms. The number of nitrogens with one attached hydrogen (secondary N) is 1. The van der Waals surface area contributed by atoms with E-state index in [-0.39, 0.29) is 6.04 Å². The predicted molar refractivity (Wildman–Crippen MR) is 75.6 cm³/mol. The Morgan fingerprint density at radius 2 is 2.37 bits per heavy atom. The maximum atomic E-state index is 5.78. The molecule has 0 saturated heterocycles. The summed E-state index contributed by atoms with van der Waals surface area (Å²) in [6, 6.07) is 3.21. The number of aromatic nitrogens is 2. The lowest BCUT2D eigenvalue weighted by Crippen LogP contribution is -2.33. The van der Waals surface area contributed by atoms with Crippen LogP contribution in [-0.2, 0) is 6.42 Å². The molecule has 0 amide bonds. The monoisotopic (exact) mass is 278 g/mol. The molecule has 0 fully saturated rings. The van der Waals surface area contributed by atoms with Crippen molar-refractivity contribution in [1.29, 1.82) is 0 Å². The lowest BCUT2D eigenvalue weighted by Gasteiger charge is -2.31. The first kappa shape index (κ1) is 12.6. The van der Waals surface area contributed by atoms with E-state index in [0.717, 1.165) is 13.0 Å². The van der Waals surface area contributed by atoms with Gasteiger partial charge in [-0.1, -0.05) is 5.10 Å². The van der Waals surface area contributed by atoms with Crippen molar-refractivity contribution >= 4 is 17.4 Å². The maximum Gasteiger partial charge on any atom is 0.318 e. The second-order valence-electron chi connectivity index (χ2n) is 4.85. The fraction of sp³-hybridized carbons (Fsp3) is 0.538. The molecule has 2 atom stereocenters. The van der Waals surface area contributed by atoms with Crippen LogP contribution in [0.4, 0.5) is 6.01 Å². The van der Waals surface area contributed by atoms with Gasteiger partial charge in [-0.25, -0.2) is 0 Å². The van der Waals surface area contributed by atoms with E-state index in [1.165, 1.54) is 10.4 Å². The van der Waals surface area contributed by atoms with Crippen molar-refractivity contribution < 1.29 is 4.42 Å². The predicted octanol–water partition coefficient (Wildman–Crippen LogP) is 2.54. The molecule has 3 heterocycles. The van der Waals surface area contributed by atoms with Gasteiger partial charge in [0.2, 0.25) is 5.89 Å². The quantitative estimate of drug-likeness (QED) is 0.935. The number of fused-ring (bicyclic) bond motifs is 1. The van der Waals surface area contributed by atoms with Gasteiger partial charge in [0, 0.05) is 11.4 Å². The molecule has 0 radical (unpaired) electrons. The van der Waals surface area contributed by atoms with Crippen LogP contribution in [0, 0.1) is 0 Å². The second-order valence-corrected chi connectivity index (χ2v) is 5.85. The third-order valence-electron chi connectivity index (χ3n) is 3.76. The fourth-order valence-corrected chi connectivity index (χ4v) is 3.37. The Hall–Kier alpha value is -1.40. The van der Waals surface area contributed by atoms with Crippen molar-refractivity contribution in [2.45, 2.75) is 32.4 Å². The van der Waals surface area contributed by atoms with Crippen molar-refractivity contribution in [2.24, 2.45) is 0 Å². The third-order valence-corrected chi connectivity index (χ3v) is 4.75. The van der Waals surface area contributed by atoms with E-state index in [1.807, 2.05) is 25.3 Å². The Morgan fingerprint density at radius 3 is 3.16 bits per heavy atom. The molecule has 1 aliphatic heterocycles. The summed E-state index contributed by atoms with van der Waals surface area (Å²) in [5.41, 5.74) is 1.39. The van der Waals surface area contributed by atoms with Crippen LogP contribution in [0.2, 0.25) is 0 Å². The Balaban J connectivity index is 1.85. The normalized spacial score (nSPS) is 20.4. The summed E-state index contributed by atoms with van der Waals surface area (Å²) in [4.78, 5) is 3.67. The molecule has 0 aliphatic carbocycles. The molecule has 0 spiro atoms. The summed E-state index contributed by atoms with van der Waals surface area (Å²) in [6.07, 6.45) is 1.05. The molecule has 1 N–H and O–H groups in total. The zero-order valence-electron chi connectivity index (χ0n) is 11.4. The highest BCUT2D eigenvalue weighted by Crippen LogP contribution is 2.35. The smallest absolute Gasteiger partial charge is 0.318 e. The van der Waals surface area contributed by atoms with Crippen LogP contribution in [0.5, 0.6) is 0 Å². The van der Waals surface area contributed by atoms with Crippen molar-refractivity contribution in [2.75, 3.05) is 18.5 Å². The molecule has 6 heteroatoms. The minimum Gasteiger partial charge on any atom is -0.406 e. The molecule has 0 saturated carbocycles. The molecule has 0 aromatic carbocycles.